The second kappa shape index (κ2) is 36.3. The molecule has 518 valence electrons. The van der Waals surface area contributed by atoms with Crippen molar-refractivity contribution in [2.75, 3.05) is 78.9 Å². The minimum atomic E-state index is -2.77. The van der Waals surface area contributed by atoms with Crippen LogP contribution in [0.2, 0.25) is 10.1 Å². The maximum atomic E-state index is 14.6. The third-order valence-corrected chi connectivity index (χ3v) is 29.5. The topological polar surface area (TPSA) is 102 Å². The van der Waals surface area contributed by atoms with Gasteiger partial charge in [0.1, 0.15) is 49.4 Å². The highest BCUT2D eigenvalue weighted by molar-refractivity contribution is 7.00. The van der Waals surface area contributed by atoms with E-state index < -0.39 is 16.6 Å². The van der Waals surface area contributed by atoms with E-state index in [9.17, 15) is 9.59 Å². The summed E-state index contributed by atoms with van der Waals surface area (Å²) in [5, 5.41) is 4.77. The van der Waals surface area contributed by atoms with Crippen molar-refractivity contribution in [2.45, 2.75) is 142 Å². The van der Waals surface area contributed by atoms with E-state index in [2.05, 4.69) is 231 Å². The van der Waals surface area contributed by atoms with Crippen LogP contribution in [-0.2, 0) is 44.6 Å². The molecule has 0 fully saturated rings. The largest absolute Gasteiger partial charge is 0.490 e. The van der Waals surface area contributed by atoms with Crippen molar-refractivity contribution in [2.24, 2.45) is 0 Å². The number of carbonyl (C=O) groups excluding carboxylic acids is 2. The summed E-state index contributed by atoms with van der Waals surface area (Å²) < 4.78 is 40.6. The van der Waals surface area contributed by atoms with Gasteiger partial charge >= 0.3 is 0 Å². The second-order valence-corrected chi connectivity index (χ2v) is 37.0. The van der Waals surface area contributed by atoms with Crippen molar-refractivity contribution in [3.05, 3.63) is 241 Å². The minimum absolute atomic E-state index is 0.144. The van der Waals surface area contributed by atoms with Crippen molar-refractivity contribution in [1.29, 1.82) is 0 Å². The SMILES string of the molecule is CC(C)(C)[Si](OCCN1CCCN(C(=O)CCCCCCCCC(=O)N2CCCN(CCO[Si](c3ccccc3)(c3ccccc3)C(C)(C)C)Cc3ccccc3OCCOc3ccccc3C2)Cc2ccccc2OCCOc2ccccc2C1)(c1ccccc1)c1ccccc1. The first-order valence-corrected chi connectivity index (χ1v) is 39.9. The third-order valence-electron chi connectivity index (χ3n) is 19.4. The summed E-state index contributed by atoms with van der Waals surface area (Å²) in [6, 6.07) is 76.3. The molecule has 0 N–H and O–H groups in total. The van der Waals surface area contributed by atoms with E-state index in [1.165, 1.54) is 20.7 Å². The van der Waals surface area contributed by atoms with Gasteiger partial charge in [-0.15, -0.1) is 0 Å². The Morgan fingerprint density at radius 3 is 0.908 bits per heavy atom. The summed E-state index contributed by atoms with van der Waals surface area (Å²) in [5.41, 5.74) is 4.20. The molecule has 10 rings (SSSR count). The van der Waals surface area contributed by atoms with Crippen LogP contribution in [0.5, 0.6) is 23.0 Å². The number of hydrogen-bond acceptors (Lipinski definition) is 10. The van der Waals surface area contributed by atoms with Crippen molar-refractivity contribution in [1.82, 2.24) is 19.6 Å². The number of hydrogen-bond donors (Lipinski definition) is 0. The zero-order chi connectivity index (χ0) is 68.5. The molecule has 0 aliphatic carbocycles. The molecule has 8 aromatic carbocycles. The number of amides is 2. The normalized spacial score (nSPS) is 15.3. The molecule has 0 atom stereocenters. The van der Waals surface area contributed by atoms with Crippen LogP contribution >= 0.6 is 0 Å². The van der Waals surface area contributed by atoms with Crippen molar-refractivity contribution < 1.29 is 37.4 Å². The van der Waals surface area contributed by atoms with Crippen LogP contribution in [0.25, 0.3) is 0 Å². The average molecular weight is 1360 g/mol. The molecule has 0 bridgehead atoms. The van der Waals surface area contributed by atoms with Gasteiger partial charge in [0.2, 0.25) is 11.8 Å². The number of unbranched alkanes of at least 4 members (excludes halogenated alkanes) is 5. The quantitative estimate of drug-likeness (QED) is 0.0510. The van der Waals surface area contributed by atoms with E-state index in [-0.39, 0.29) is 21.9 Å². The fourth-order valence-electron chi connectivity index (χ4n) is 14.4. The number of rotatable bonds is 21. The van der Waals surface area contributed by atoms with Gasteiger partial charge in [0.05, 0.1) is 0 Å². The Hall–Kier alpha value is -7.83. The molecule has 14 heteroatoms. The highest BCUT2D eigenvalue weighted by Gasteiger charge is 2.51. The first-order valence-electron chi connectivity index (χ1n) is 36.0. The molecule has 0 saturated carbocycles. The molecule has 0 aromatic heterocycles. The Morgan fingerprint density at radius 2 is 0.612 bits per heavy atom. The standard InChI is InChI=1S/C84H106N4O8Si2/c1-83(2,3)97(73-39-15-11-16-40-73,74-41-17-12-18-42-74)95-59-57-85-53-33-55-87(67-71-37-27-31-49-79(71)93-63-61-91-77-47-29-25-35-69(77)65-85)81(89)51-23-9-7-8-10-24-52-82(90)88-56-34-54-86(66-70-36-26-30-48-78(70)92-62-64-94-80-50-32-28-38-72(80)68-88)58-60-96-98(84(4,5)6,75-43-19-13-20-44-75)76-45-21-14-22-46-76/h11-22,25-32,35-50H,7-10,23-24,33-34,51-68H2,1-6H3. The summed E-state index contributed by atoms with van der Waals surface area (Å²) in [4.78, 5) is 38.2. The number of benzene rings is 8. The monoisotopic (exact) mass is 1350 g/mol. The van der Waals surface area contributed by atoms with E-state index in [1.54, 1.807) is 0 Å². The number of nitrogens with zero attached hydrogens (tertiary/aromatic N) is 4. The van der Waals surface area contributed by atoms with Crippen LogP contribution in [0.1, 0.15) is 128 Å². The Kier molecular flexibility index (Phi) is 27.0. The molecule has 12 nitrogen and oxygen atoms in total. The highest BCUT2D eigenvalue weighted by Crippen LogP contribution is 2.39. The molecule has 2 aliphatic heterocycles. The lowest BCUT2D eigenvalue weighted by atomic mass is 10.1. The van der Waals surface area contributed by atoms with E-state index >= 15 is 0 Å². The molecular weight excluding hydrogens is 1250 g/mol. The Balaban J connectivity index is 0.755. The first-order chi connectivity index (χ1) is 47.7. The van der Waals surface area contributed by atoms with E-state index in [0.717, 1.165) is 110 Å². The molecular formula is C84H106N4O8Si2. The highest BCUT2D eigenvalue weighted by atomic mass is 28.4. The van der Waals surface area contributed by atoms with Gasteiger partial charge in [0.15, 0.2) is 0 Å². The van der Waals surface area contributed by atoms with E-state index in [0.29, 0.717) is 105 Å². The molecule has 0 saturated heterocycles. The van der Waals surface area contributed by atoms with Crippen molar-refractivity contribution in [3.8, 4) is 23.0 Å². The van der Waals surface area contributed by atoms with Gasteiger partial charge in [-0.2, -0.15) is 0 Å². The number of carbonyl (C=O) groups is 2. The minimum Gasteiger partial charge on any atom is -0.490 e. The van der Waals surface area contributed by atoms with Crippen molar-refractivity contribution in [3.63, 3.8) is 0 Å². The summed E-state index contributed by atoms with van der Waals surface area (Å²) in [6.07, 6.45) is 8.05. The average Bonchev–Trinajstić information content (AvgIpc) is 0.760. The summed E-state index contributed by atoms with van der Waals surface area (Å²) in [6.45, 7) is 23.1. The lowest BCUT2D eigenvalue weighted by molar-refractivity contribution is -0.133. The molecule has 2 aliphatic rings. The van der Waals surface area contributed by atoms with Gasteiger partial charge in [-0.05, 0) is 80.8 Å². The van der Waals surface area contributed by atoms with Crippen LogP contribution in [0.4, 0.5) is 0 Å². The Bertz CT molecular complexity index is 3380. The second-order valence-electron chi connectivity index (χ2n) is 28.4. The lowest BCUT2D eigenvalue weighted by Crippen LogP contribution is -2.67. The van der Waals surface area contributed by atoms with E-state index in [1.807, 2.05) is 48.5 Å². The summed E-state index contributed by atoms with van der Waals surface area (Å²) >= 11 is 0. The molecule has 2 amide bonds. The maximum absolute atomic E-state index is 14.6. The Morgan fingerprint density at radius 1 is 0.347 bits per heavy atom. The molecule has 0 radical (unpaired) electrons. The smallest absolute Gasteiger partial charge is 0.261 e. The predicted molar refractivity (Wildman–Crippen MR) is 402 cm³/mol. The number of ether oxygens (including phenoxy) is 4. The van der Waals surface area contributed by atoms with Gasteiger partial charge in [-0.3, -0.25) is 19.4 Å². The zero-order valence-electron chi connectivity index (χ0n) is 59.2. The molecule has 2 heterocycles. The van der Waals surface area contributed by atoms with Gasteiger partial charge in [0, 0.05) is 114 Å². The lowest BCUT2D eigenvalue weighted by Gasteiger charge is -2.43. The van der Waals surface area contributed by atoms with Gasteiger partial charge in [-0.25, -0.2) is 0 Å². The first kappa shape index (κ1) is 72.9. The van der Waals surface area contributed by atoms with Gasteiger partial charge < -0.3 is 37.6 Å². The fourth-order valence-corrected chi connectivity index (χ4v) is 23.6. The number of para-hydroxylation sites is 4. The van der Waals surface area contributed by atoms with E-state index in [4.69, 9.17) is 27.8 Å². The zero-order valence-corrected chi connectivity index (χ0v) is 61.2. The van der Waals surface area contributed by atoms with Crippen LogP contribution in [-0.4, -0.2) is 127 Å². The molecule has 0 unspecified atom stereocenters. The molecule has 8 aromatic rings. The van der Waals surface area contributed by atoms with Crippen LogP contribution in [0, 0.1) is 0 Å². The van der Waals surface area contributed by atoms with Crippen LogP contribution in [0.15, 0.2) is 218 Å². The third kappa shape index (κ3) is 19.5. The molecule has 0 spiro atoms. The van der Waals surface area contributed by atoms with Crippen LogP contribution < -0.4 is 39.7 Å². The van der Waals surface area contributed by atoms with Crippen molar-refractivity contribution >= 4 is 49.2 Å². The summed E-state index contributed by atoms with van der Waals surface area (Å²) in [5.74, 6) is 3.59. The summed E-state index contributed by atoms with van der Waals surface area (Å²) in [7, 11) is -5.54. The molecule has 98 heavy (non-hydrogen) atoms. The fraction of sp³-hybridized carbons (Fsp3) is 0.405. The van der Waals surface area contributed by atoms with Crippen LogP contribution in [0.3, 0.4) is 0 Å². The van der Waals surface area contributed by atoms with Gasteiger partial charge in [0.25, 0.3) is 16.6 Å². The van der Waals surface area contributed by atoms with Gasteiger partial charge in [-0.1, -0.05) is 261 Å². The Labute approximate surface area is 587 Å². The number of fused-ring (bicyclic) bond motifs is 4. The predicted octanol–water partition coefficient (Wildman–Crippen LogP) is 14.6. The maximum Gasteiger partial charge on any atom is 0.261 e.